The summed E-state index contributed by atoms with van der Waals surface area (Å²) in [5.74, 6) is 0. The van der Waals surface area contributed by atoms with E-state index in [0.29, 0.717) is 6.54 Å². The van der Waals surface area contributed by atoms with E-state index in [1.54, 1.807) is 0 Å². The maximum atomic E-state index is 12.4. The minimum Gasteiger partial charge on any atom is -0.379 e. The Kier molecular flexibility index (Phi) is 7.32. The molecule has 2 N–H and O–H groups in total. The highest BCUT2D eigenvalue weighted by Gasteiger charge is 2.29. The molecular weight excluding hydrogens is 352 g/mol. The molecule has 2 amide bonds. The predicted octanol–water partition coefficient (Wildman–Crippen LogP) is 2.37. The molecule has 2 saturated heterocycles. The Bertz CT molecular complexity index is 635. The summed E-state index contributed by atoms with van der Waals surface area (Å²) in [5, 5.41) is 6.25. The Morgan fingerprint density at radius 3 is 2.57 bits per heavy atom. The van der Waals surface area contributed by atoms with Crippen LogP contribution in [0.3, 0.4) is 0 Å². The SMILES string of the molecule is Cc1cccc(CN2CCC(NC(=O)NCC(C)(C)N3CCOCC3)CC2)c1. The highest BCUT2D eigenvalue weighted by atomic mass is 16.5. The van der Waals surface area contributed by atoms with Gasteiger partial charge in [-0.3, -0.25) is 9.80 Å². The largest absolute Gasteiger partial charge is 0.379 e. The van der Waals surface area contributed by atoms with Gasteiger partial charge >= 0.3 is 6.03 Å². The summed E-state index contributed by atoms with van der Waals surface area (Å²) >= 11 is 0. The van der Waals surface area contributed by atoms with E-state index in [0.717, 1.165) is 58.8 Å². The van der Waals surface area contributed by atoms with Crippen LogP contribution in [-0.4, -0.2) is 73.3 Å². The second kappa shape index (κ2) is 9.72. The van der Waals surface area contributed by atoms with Gasteiger partial charge in [-0.2, -0.15) is 0 Å². The van der Waals surface area contributed by atoms with Crippen LogP contribution < -0.4 is 10.6 Å². The van der Waals surface area contributed by atoms with Crippen molar-refractivity contribution in [1.82, 2.24) is 20.4 Å². The number of benzene rings is 1. The first-order valence-corrected chi connectivity index (χ1v) is 10.6. The molecule has 0 atom stereocenters. The average molecular weight is 389 g/mol. The van der Waals surface area contributed by atoms with Gasteiger partial charge in [0.25, 0.3) is 0 Å². The predicted molar refractivity (Wildman–Crippen MR) is 112 cm³/mol. The number of hydrogen-bond donors (Lipinski definition) is 2. The number of carbonyl (C=O) groups excluding carboxylic acids is 1. The van der Waals surface area contributed by atoms with Crippen LogP contribution in [0.4, 0.5) is 4.79 Å². The number of ether oxygens (including phenoxy) is 1. The van der Waals surface area contributed by atoms with E-state index >= 15 is 0 Å². The molecule has 0 aliphatic carbocycles. The fourth-order valence-corrected chi connectivity index (χ4v) is 4.12. The van der Waals surface area contributed by atoms with E-state index in [1.165, 1.54) is 11.1 Å². The summed E-state index contributed by atoms with van der Waals surface area (Å²) in [6.45, 7) is 13.6. The minimum atomic E-state index is -0.0572. The molecular formula is C22H36N4O2. The fraction of sp³-hybridized carbons (Fsp3) is 0.682. The van der Waals surface area contributed by atoms with Crippen molar-refractivity contribution < 1.29 is 9.53 Å². The number of morpholine rings is 1. The molecule has 2 fully saturated rings. The van der Waals surface area contributed by atoms with Gasteiger partial charge in [0.2, 0.25) is 0 Å². The molecule has 156 valence electrons. The van der Waals surface area contributed by atoms with Crippen molar-refractivity contribution in [2.75, 3.05) is 45.9 Å². The summed E-state index contributed by atoms with van der Waals surface area (Å²) in [6.07, 6.45) is 2.01. The van der Waals surface area contributed by atoms with Crippen LogP contribution in [0.5, 0.6) is 0 Å². The first kappa shape index (κ1) is 21.1. The molecule has 6 heteroatoms. The fourth-order valence-electron chi connectivity index (χ4n) is 4.12. The lowest BCUT2D eigenvalue weighted by molar-refractivity contribution is -0.00878. The lowest BCUT2D eigenvalue weighted by Crippen LogP contribution is -2.57. The van der Waals surface area contributed by atoms with Gasteiger partial charge in [0.15, 0.2) is 0 Å². The third kappa shape index (κ3) is 6.19. The molecule has 28 heavy (non-hydrogen) atoms. The van der Waals surface area contributed by atoms with Gasteiger partial charge in [0.1, 0.15) is 0 Å². The van der Waals surface area contributed by atoms with Crippen molar-refractivity contribution in [1.29, 1.82) is 0 Å². The Balaban J connectivity index is 1.36. The molecule has 2 aliphatic heterocycles. The number of hydrogen-bond acceptors (Lipinski definition) is 4. The molecule has 1 aromatic carbocycles. The second-order valence-electron chi connectivity index (χ2n) is 8.78. The Hall–Kier alpha value is -1.63. The number of piperidine rings is 1. The van der Waals surface area contributed by atoms with E-state index < -0.39 is 0 Å². The Morgan fingerprint density at radius 2 is 1.89 bits per heavy atom. The number of carbonyl (C=O) groups is 1. The normalized spacial score (nSPS) is 20.1. The van der Waals surface area contributed by atoms with Crippen LogP contribution in [0.1, 0.15) is 37.8 Å². The van der Waals surface area contributed by atoms with Crippen molar-refractivity contribution >= 4 is 6.03 Å². The minimum absolute atomic E-state index is 0.0431. The molecule has 6 nitrogen and oxygen atoms in total. The van der Waals surface area contributed by atoms with Crippen LogP contribution >= 0.6 is 0 Å². The zero-order chi connectivity index (χ0) is 20.0. The van der Waals surface area contributed by atoms with Gasteiger partial charge in [-0.15, -0.1) is 0 Å². The van der Waals surface area contributed by atoms with E-state index in [9.17, 15) is 4.79 Å². The van der Waals surface area contributed by atoms with Crippen molar-refractivity contribution in [3.8, 4) is 0 Å². The van der Waals surface area contributed by atoms with Crippen molar-refractivity contribution in [2.45, 2.75) is 51.7 Å². The molecule has 0 unspecified atom stereocenters. The summed E-state index contributed by atoms with van der Waals surface area (Å²) in [7, 11) is 0. The van der Waals surface area contributed by atoms with Gasteiger partial charge < -0.3 is 15.4 Å². The second-order valence-corrected chi connectivity index (χ2v) is 8.78. The highest BCUT2D eigenvalue weighted by molar-refractivity contribution is 5.74. The standard InChI is InChI=1S/C22H36N4O2/c1-18-5-4-6-19(15-18)16-25-9-7-20(8-10-25)24-21(27)23-17-22(2,3)26-11-13-28-14-12-26/h4-6,15,20H,7-14,16-17H2,1-3H3,(H2,23,24,27). The number of aryl methyl sites for hydroxylation is 1. The number of likely N-dealkylation sites (tertiary alicyclic amines) is 1. The summed E-state index contributed by atoms with van der Waals surface area (Å²) < 4.78 is 5.43. The monoisotopic (exact) mass is 388 g/mol. The molecule has 2 aliphatic rings. The highest BCUT2D eigenvalue weighted by Crippen LogP contribution is 2.16. The maximum Gasteiger partial charge on any atom is 0.315 e. The molecule has 0 spiro atoms. The molecule has 1 aromatic rings. The van der Waals surface area contributed by atoms with Gasteiger partial charge in [-0.25, -0.2) is 4.79 Å². The van der Waals surface area contributed by atoms with E-state index in [1.807, 2.05) is 0 Å². The summed E-state index contributed by atoms with van der Waals surface area (Å²) in [5.41, 5.74) is 2.62. The van der Waals surface area contributed by atoms with Gasteiger partial charge in [-0.1, -0.05) is 29.8 Å². The lowest BCUT2D eigenvalue weighted by atomic mass is 10.0. The molecule has 0 saturated carbocycles. The van der Waals surface area contributed by atoms with Crippen molar-refractivity contribution in [3.63, 3.8) is 0 Å². The zero-order valence-electron chi connectivity index (χ0n) is 17.7. The van der Waals surface area contributed by atoms with Crippen molar-refractivity contribution in [2.24, 2.45) is 0 Å². The maximum absolute atomic E-state index is 12.4. The van der Waals surface area contributed by atoms with Crippen LogP contribution in [0.15, 0.2) is 24.3 Å². The van der Waals surface area contributed by atoms with Gasteiger partial charge in [0, 0.05) is 50.8 Å². The Labute approximate surface area is 169 Å². The number of amides is 2. The first-order chi connectivity index (χ1) is 13.4. The van der Waals surface area contributed by atoms with E-state index in [4.69, 9.17) is 4.74 Å². The van der Waals surface area contributed by atoms with Crippen molar-refractivity contribution in [3.05, 3.63) is 35.4 Å². The number of rotatable bonds is 6. The molecule has 0 bridgehead atoms. The number of nitrogens with one attached hydrogen (secondary N) is 2. The molecule has 0 radical (unpaired) electrons. The van der Waals surface area contributed by atoms with Crippen LogP contribution in [0.2, 0.25) is 0 Å². The average Bonchev–Trinajstić information content (AvgIpc) is 2.69. The third-order valence-corrected chi connectivity index (χ3v) is 5.96. The first-order valence-electron chi connectivity index (χ1n) is 10.6. The van der Waals surface area contributed by atoms with Crippen LogP contribution in [-0.2, 0) is 11.3 Å². The summed E-state index contributed by atoms with van der Waals surface area (Å²) in [6, 6.07) is 8.94. The van der Waals surface area contributed by atoms with E-state index in [2.05, 4.69) is 65.5 Å². The summed E-state index contributed by atoms with van der Waals surface area (Å²) in [4.78, 5) is 17.2. The molecule has 0 aromatic heterocycles. The van der Waals surface area contributed by atoms with Crippen LogP contribution in [0, 0.1) is 6.92 Å². The number of nitrogens with zero attached hydrogens (tertiary/aromatic N) is 2. The van der Waals surface area contributed by atoms with Gasteiger partial charge in [-0.05, 0) is 39.2 Å². The van der Waals surface area contributed by atoms with Gasteiger partial charge in [0.05, 0.1) is 13.2 Å². The molecule has 2 heterocycles. The zero-order valence-corrected chi connectivity index (χ0v) is 17.7. The van der Waals surface area contributed by atoms with E-state index in [-0.39, 0.29) is 17.6 Å². The quantitative estimate of drug-likeness (QED) is 0.786. The molecule has 3 rings (SSSR count). The lowest BCUT2D eigenvalue weighted by Gasteiger charge is -2.41. The number of urea groups is 1. The van der Waals surface area contributed by atoms with Crippen LogP contribution in [0.25, 0.3) is 0 Å². The third-order valence-electron chi connectivity index (χ3n) is 5.96. The smallest absolute Gasteiger partial charge is 0.315 e. The Morgan fingerprint density at radius 1 is 1.18 bits per heavy atom. The topological polar surface area (TPSA) is 56.8 Å².